The third-order valence-electron chi connectivity index (χ3n) is 5.74. The number of hydrogen-bond donors (Lipinski definition) is 1. The van der Waals surface area contributed by atoms with Gasteiger partial charge in [-0.25, -0.2) is 8.42 Å². The molecular weight excluding hydrogens is 490 g/mol. The Kier molecular flexibility index (Phi) is 7.69. The summed E-state index contributed by atoms with van der Waals surface area (Å²) in [7, 11) is -3.49. The van der Waals surface area contributed by atoms with Crippen LogP contribution in [0.25, 0.3) is 0 Å². The molecule has 0 bridgehead atoms. The summed E-state index contributed by atoms with van der Waals surface area (Å²) in [5.74, 6) is -0.426. The van der Waals surface area contributed by atoms with Gasteiger partial charge in [0.1, 0.15) is 11.1 Å². The van der Waals surface area contributed by atoms with Crippen molar-refractivity contribution >= 4 is 43.7 Å². The van der Waals surface area contributed by atoms with Crippen molar-refractivity contribution in [1.82, 2.24) is 4.90 Å². The van der Waals surface area contributed by atoms with Gasteiger partial charge in [-0.3, -0.25) is 9.69 Å². The number of nitrogens with zero attached hydrogens (tertiary/aromatic N) is 2. The molecule has 2 aromatic carbocycles. The lowest BCUT2D eigenvalue weighted by Crippen LogP contribution is -2.29. The van der Waals surface area contributed by atoms with E-state index in [0.29, 0.717) is 15.6 Å². The zero-order valence-electron chi connectivity index (χ0n) is 18.5. The number of benzene rings is 2. The summed E-state index contributed by atoms with van der Waals surface area (Å²) in [4.78, 5) is 16.2. The number of carbonyl (C=O) groups is 1. The van der Waals surface area contributed by atoms with E-state index in [1.54, 1.807) is 0 Å². The molecule has 34 heavy (non-hydrogen) atoms. The molecular formula is C25H24ClN3O3S2. The molecule has 0 saturated heterocycles. The van der Waals surface area contributed by atoms with Crippen LogP contribution in [-0.4, -0.2) is 31.5 Å². The van der Waals surface area contributed by atoms with Crippen molar-refractivity contribution in [3.8, 4) is 6.07 Å². The lowest BCUT2D eigenvalue weighted by Gasteiger charge is -2.26. The molecule has 0 saturated carbocycles. The standard InChI is InChI=1S/C25H24ClN3O3S2/c26-19-8-10-20(11-9-19)34(31,32)14-4-7-24(30)28-25-22(15-27)21-12-13-29(17-23(21)33-25)16-18-5-2-1-3-6-18/h1-3,5-6,8-11H,4,7,12-14,16-17H2,(H,28,30). The van der Waals surface area contributed by atoms with Crippen LogP contribution in [0.15, 0.2) is 59.5 Å². The Morgan fingerprint density at radius 3 is 2.59 bits per heavy atom. The number of nitriles is 1. The van der Waals surface area contributed by atoms with Gasteiger partial charge in [-0.15, -0.1) is 11.3 Å². The minimum atomic E-state index is -3.49. The van der Waals surface area contributed by atoms with Gasteiger partial charge >= 0.3 is 0 Å². The van der Waals surface area contributed by atoms with Gasteiger partial charge in [0.15, 0.2) is 9.84 Å². The average Bonchev–Trinajstić information content (AvgIpc) is 3.15. The van der Waals surface area contributed by atoms with Crippen LogP contribution >= 0.6 is 22.9 Å². The topological polar surface area (TPSA) is 90.3 Å². The Balaban J connectivity index is 1.35. The number of fused-ring (bicyclic) bond motifs is 1. The molecule has 0 spiro atoms. The normalized spacial score (nSPS) is 13.8. The molecule has 3 aromatic rings. The number of hydrogen-bond acceptors (Lipinski definition) is 6. The van der Waals surface area contributed by atoms with E-state index in [-0.39, 0.29) is 29.4 Å². The molecule has 2 heterocycles. The molecule has 1 N–H and O–H groups in total. The monoisotopic (exact) mass is 513 g/mol. The molecule has 4 rings (SSSR count). The highest BCUT2D eigenvalue weighted by Crippen LogP contribution is 2.37. The fourth-order valence-corrected chi connectivity index (χ4v) is 6.70. The molecule has 1 aliphatic heterocycles. The number of rotatable bonds is 8. The van der Waals surface area contributed by atoms with Gasteiger partial charge in [-0.05, 0) is 48.2 Å². The van der Waals surface area contributed by atoms with E-state index >= 15 is 0 Å². The maximum Gasteiger partial charge on any atom is 0.225 e. The van der Waals surface area contributed by atoms with Crippen LogP contribution in [0.5, 0.6) is 0 Å². The highest BCUT2D eigenvalue weighted by Gasteiger charge is 2.25. The second-order valence-corrected chi connectivity index (χ2v) is 11.8. The van der Waals surface area contributed by atoms with Crippen LogP contribution in [0.1, 0.15) is 34.4 Å². The molecule has 0 fully saturated rings. The maximum atomic E-state index is 12.5. The van der Waals surface area contributed by atoms with Crippen molar-refractivity contribution in [3.63, 3.8) is 0 Å². The summed E-state index contributed by atoms with van der Waals surface area (Å²) in [6.07, 6.45) is 1.01. The first-order chi connectivity index (χ1) is 16.4. The molecule has 1 amide bonds. The van der Waals surface area contributed by atoms with E-state index < -0.39 is 9.84 Å². The van der Waals surface area contributed by atoms with Gasteiger partial charge in [0, 0.05) is 36.0 Å². The minimum Gasteiger partial charge on any atom is -0.317 e. The third-order valence-corrected chi connectivity index (χ3v) is 8.94. The summed E-state index contributed by atoms with van der Waals surface area (Å²) < 4.78 is 24.9. The third kappa shape index (κ3) is 5.86. The smallest absolute Gasteiger partial charge is 0.225 e. The van der Waals surface area contributed by atoms with Crippen molar-refractivity contribution in [1.29, 1.82) is 5.26 Å². The quantitative estimate of drug-likeness (QED) is 0.456. The summed E-state index contributed by atoms with van der Waals surface area (Å²) in [5.41, 5.74) is 2.78. The van der Waals surface area contributed by atoms with Gasteiger partial charge < -0.3 is 5.32 Å². The molecule has 0 radical (unpaired) electrons. The first-order valence-corrected chi connectivity index (χ1v) is 13.8. The number of nitrogens with one attached hydrogen (secondary N) is 1. The molecule has 176 valence electrons. The van der Waals surface area contributed by atoms with E-state index in [9.17, 15) is 18.5 Å². The van der Waals surface area contributed by atoms with E-state index in [1.165, 1.54) is 41.2 Å². The van der Waals surface area contributed by atoms with Crippen molar-refractivity contribution < 1.29 is 13.2 Å². The summed E-state index contributed by atoms with van der Waals surface area (Å²) in [6, 6.07) is 18.5. The van der Waals surface area contributed by atoms with Crippen LogP contribution < -0.4 is 5.32 Å². The molecule has 6 nitrogen and oxygen atoms in total. The molecule has 0 aliphatic carbocycles. The number of halogens is 1. The van der Waals surface area contributed by atoms with Gasteiger partial charge in [0.25, 0.3) is 0 Å². The second-order valence-electron chi connectivity index (χ2n) is 8.19. The zero-order chi connectivity index (χ0) is 24.1. The largest absolute Gasteiger partial charge is 0.317 e. The summed E-state index contributed by atoms with van der Waals surface area (Å²) >= 11 is 7.26. The fourth-order valence-electron chi connectivity index (χ4n) is 4.01. The lowest BCUT2D eigenvalue weighted by molar-refractivity contribution is -0.116. The van der Waals surface area contributed by atoms with Crippen LogP contribution in [-0.2, 0) is 34.1 Å². The van der Waals surface area contributed by atoms with Crippen molar-refractivity contribution in [3.05, 3.63) is 81.2 Å². The van der Waals surface area contributed by atoms with Crippen LogP contribution in [0.3, 0.4) is 0 Å². The Bertz CT molecular complexity index is 1310. The van der Waals surface area contributed by atoms with E-state index in [1.807, 2.05) is 18.2 Å². The van der Waals surface area contributed by atoms with E-state index in [0.717, 1.165) is 36.5 Å². The first kappa shape index (κ1) is 24.4. The molecule has 9 heteroatoms. The molecule has 1 aliphatic rings. The number of sulfone groups is 1. The highest BCUT2D eigenvalue weighted by atomic mass is 35.5. The molecule has 0 unspecified atom stereocenters. The van der Waals surface area contributed by atoms with Crippen molar-refractivity contribution in [2.75, 3.05) is 17.6 Å². The Hall–Kier alpha value is -2.70. The molecule has 1 aromatic heterocycles. The second kappa shape index (κ2) is 10.7. The predicted octanol–water partition coefficient (Wildman–Crippen LogP) is 5.02. The lowest BCUT2D eigenvalue weighted by atomic mass is 10.0. The van der Waals surface area contributed by atoms with Crippen LogP contribution in [0.4, 0.5) is 5.00 Å². The van der Waals surface area contributed by atoms with Crippen molar-refractivity contribution in [2.24, 2.45) is 0 Å². The number of carbonyl (C=O) groups excluding carboxylic acids is 1. The minimum absolute atomic E-state index is 0.0559. The molecule has 0 atom stereocenters. The van der Waals surface area contributed by atoms with Gasteiger partial charge in [-0.2, -0.15) is 5.26 Å². The van der Waals surface area contributed by atoms with Gasteiger partial charge in [0.05, 0.1) is 16.2 Å². The number of amides is 1. The SMILES string of the molecule is N#Cc1c(NC(=O)CCCS(=O)(=O)c2ccc(Cl)cc2)sc2c1CCN(Cc1ccccc1)C2. The average molecular weight is 514 g/mol. The number of thiophene rings is 1. The Morgan fingerprint density at radius 2 is 1.88 bits per heavy atom. The van der Waals surface area contributed by atoms with E-state index in [4.69, 9.17) is 11.6 Å². The van der Waals surface area contributed by atoms with Crippen LogP contribution in [0, 0.1) is 11.3 Å². The van der Waals surface area contributed by atoms with E-state index in [2.05, 4.69) is 28.4 Å². The van der Waals surface area contributed by atoms with Gasteiger partial charge in [-0.1, -0.05) is 41.9 Å². The van der Waals surface area contributed by atoms with Crippen LogP contribution in [0.2, 0.25) is 5.02 Å². The summed E-state index contributed by atoms with van der Waals surface area (Å²) in [6.45, 7) is 2.42. The highest BCUT2D eigenvalue weighted by molar-refractivity contribution is 7.91. The maximum absolute atomic E-state index is 12.5. The zero-order valence-corrected chi connectivity index (χ0v) is 20.8. The Morgan fingerprint density at radius 1 is 1.15 bits per heavy atom. The Labute approximate surface area is 208 Å². The first-order valence-electron chi connectivity index (χ1n) is 10.9. The van der Waals surface area contributed by atoms with Crippen molar-refractivity contribution in [2.45, 2.75) is 37.2 Å². The number of anilines is 1. The fraction of sp³-hybridized carbons (Fsp3) is 0.280. The predicted molar refractivity (Wildman–Crippen MR) is 135 cm³/mol. The summed E-state index contributed by atoms with van der Waals surface area (Å²) in [5, 5.41) is 13.6. The van der Waals surface area contributed by atoms with Gasteiger partial charge in [0.2, 0.25) is 5.91 Å².